The molecule has 0 aliphatic heterocycles. The van der Waals surface area contributed by atoms with Crippen molar-refractivity contribution in [2.45, 2.75) is 32.4 Å². The Hall–Kier alpha value is -1.92. The summed E-state index contributed by atoms with van der Waals surface area (Å²) >= 11 is 1.53. The lowest BCUT2D eigenvalue weighted by atomic mass is 10.2. The first-order chi connectivity index (χ1) is 10.7. The molecule has 0 bridgehead atoms. The number of rotatable bonds is 7. The lowest BCUT2D eigenvalue weighted by molar-refractivity contribution is 0.160. The van der Waals surface area contributed by atoms with Gasteiger partial charge in [-0.05, 0) is 12.8 Å². The highest BCUT2D eigenvalue weighted by atomic mass is 32.1. The zero-order valence-electron chi connectivity index (χ0n) is 12.6. The van der Waals surface area contributed by atoms with Crippen molar-refractivity contribution in [2.24, 2.45) is 0 Å². The van der Waals surface area contributed by atoms with Crippen LogP contribution in [0.15, 0.2) is 35.7 Å². The molecule has 118 valence electrons. The van der Waals surface area contributed by atoms with Gasteiger partial charge in [-0.25, -0.2) is 9.78 Å². The van der Waals surface area contributed by atoms with Crippen molar-refractivity contribution in [1.29, 1.82) is 0 Å². The van der Waals surface area contributed by atoms with Crippen LogP contribution in [0.4, 0.5) is 4.79 Å². The van der Waals surface area contributed by atoms with Crippen LogP contribution in [0.5, 0.6) is 0 Å². The summed E-state index contributed by atoms with van der Waals surface area (Å²) in [6.07, 6.45) is 0.914. The SMILES string of the molecule is CCC(O)CCNC(=O)NCc1nc(-c2ccccc2)cs1. The number of hydrogen-bond donors (Lipinski definition) is 3. The Kier molecular flexibility index (Phi) is 6.36. The fourth-order valence-electron chi connectivity index (χ4n) is 1.91. The zero-order valence-corrected chi connectivity index (χ0v) is 13.4. The van der Waals surface area contributed by atoms with Crippen LogP contribution in [0.25, 0.3) is 11.3 Å². The standard InChI is InChI=1S/C16H21N3O2S/c1-2-13(20)8-9-17-16(21)18-10-15-19-14(11-22-15)12-6-4-3-5-7-12/h3-7,11,13,20H,2,8-10H2,1H3,(H2,17,18,21). The highest BCUT2D eigenvalue weighted by Crippen LogP contribution is 2.21. The van der Waals surface area contributed by atoms with Gasteiger partial charge in [0.1, 0.15) is 5.01 Å². The molecule has 1 atom stereocenters. The Labute approximate surface area is 134 Å². The number of aromatic nitrogens is 1. The lowest BCUT2D eigenvalue weighted by Crippen LogP contribution is -2.36. The molecule has 2 aromatic rings. The van der Waals surface area contributed by atoms with Crippen LogP contribution < -0.4 is 10.6 Å². The topological polar surface area (TPSA) is 74.2 Å². The molecular formula is C16H21N3O2S. The Morgan fingerprint density at radius 1 is 1.32 bits per heavy atom. The molecule has 22 heavy (non-hydrogen) atoms. The maximum Gasteiger partial charge on any atom is 0.315 e. The van der Waals surface area contributed by atoms with Crippen LogP contribution in [0.3, 0.4) is 0 Å². The monoisotopic (exact) mass is 319 g/mol. The van der Waals surface area contributed by atoms with Crippen LogP contribution in [-0.2, 0) is 6.54 Å². The van der Waals surface area contributed by atoms with Crippen molar-refractivity contribution < 1.29 is 9.90 Å². The molecule has 3 N–H and O–H groups in total. The molecule has 0 spiro atoms. The van der Waals surface area contributed by atoms with Gasteiger partial charge in [-0.3, -0.25) is 0 Å². The molecule has 1 unspecified atom stereocenters. The number of carbonyl (C=O) groups excluding carboxylic acids is 1. The van der Waals surface area contributed by atoms with Crippen molar-refractivity contribution in [3.63, 3.8) is 0 Å². The number of thiazole rings is 1. The molecule has 0 aliphatic rings. The van der Waals surface area contributed by atoms with Gasteiger partial charge in [0, 0.05) is 17.5 Å². The van der Waals surface area contributed by atoms with E-state index in [2.05, 4.69) is 15.6 Å². The van der Waals surface area contributed by atoms with E-state index in [0.717, 1.165) is 16.3 Å². The molecule has 0 saturated heterocycles. The first kappa shape index (κ1) is 16.5. The van der Waals surface area contributed by atoms with E-state index < -0.39 is 0 Å². The Morgan fingerprint density at radius 3 is 2.82 bits per heavy atom. The predicted octanol–water partition coefficient (Wildman–Crippen LogP) is 2.77. The number of urea groups is 1. The fourth-order valence-corrected chi connectivity index (χ4v) is 2.65. The van der Waals surface area contributed by atoms with Crippen molar-refractivity contribution in [3.05, 3.63) is 40.7 Å². The third-order valence-electron chi connectivity index (χ3n) is 3.26. The Bertz CT molecular complexity index is 586. The minimum absolute atomic E-state index is 0.236. The van der Waals surface area contributed by atoms with Gasteiger partial charge < -0.3 is 15.7 Å². The van der Waals surface area contributed by atoms with Gasteiger partial charge in [0.15, 0.2) is 0 Å². The summed E-state index contributed by atoms with van der Waals surface area (Å²) in [5.74, 6) is 0. The molecule has 1 heterocycles. The average molecular weight is 319 g/mol. The molecule has 2 amide bonds. The summed E-state index contributed by atoms with van der Waals surface area (Å²) in [7, 11) is 0. The Balaban J connectivity index is 1.75. The number of carbonyl (C=O) groups is 1. The smallest absolute Gasteiger partial charge is 0.315 e. The number of benzene rings is 1. The maximum absolute atomic E-state index is 11.6. The van der Waals surface area contributed by atoms with E-state index >= 15 is 0 Å². The summed E-state index contributed by atoms with van der Waals surface area (Å²) < 4.78 is 0. The molecule has 1 aromatic heterocycles. The van der Waals surface area contributed by atoms with Crippen LogP contribution >= 0.6 is 11.3 Å². The molecule has 1 aromatic carbocycles. The summed E-state index contributed by atoms with van der Waals surface area (Å²) in [5, 5.41) is 17.8. The number of amides is 2. The quantitative estimate of drug-likeness (QED) is 0.734. The van der Waals surface area contributed by atoms with E-state index in [1.807, 2.05) is 42.6 Å². The highest BCUT2D eigenvalue weighted by molar-refractivity contribution is 7.09. The number of nitrogens with one attached hydrogen (secondary N) is 2. The van der Waals surface area contributed by atoms with Gasteiger partial charge in [-0.15, -0.1) is 11.3 Å². The van der Waals surface area contributed by atoms with Gasteiger partial charge in [0.05, 0.1) is 18.3 Å². The van der Waals surface area contributed by atoms with Crippen molar-refractivity contribution in [3.8, 4) is 11.3 Å². The highest BCUT2D eigenvalue weighted by Gasteiger charge is 2.06. The molecule has 0 fully saturated rings. The number of aliphatic hydroxyl groups is 1. The fraction of sp³-hybridized carbons (Fsp3) is 0.375. The van der Waals surface area contributed by atoms with Crippen LogP contribution in [0.1, 0.15) is 24.8 Å². The van der Waals surface area contributed by atoms with Crippen molar-refractivity contribution >= 4 is 17.4 Å². The molecule has 5 nitrogen and oxygen atoms in total. The third-order valence-corrected chi connectivity index (χ3v) is 4.10. The lowest BCUT2D eigenvalue weighted by Gasteiger charge is -2.09. The van der Waals surface area contributed by atoms with Crippen molar-refractivity contribution in [1.82, 2.24) is 15.6 Å². The van der Waals surface area contributed by atoms with Crippen LogP contribution in [0, 0.1) is 0 Å². The molecule has 0 aliphatic carbocycles. The van der Waals surface area contributed by atoms with E-state index in [1.54, 1.807) is 0 Å². The van der Waals surface area contributed by atoms with E-state index in [1.165, 1.54) is 11.3 Å². The summed E-state index contributed by atoms with van der Waals surface area (Å²) in [4.78, 5) is 16.1. The molecule has 0 radical (unpaired) electrons. The van der Waals surface area contributed by atoms with Crippen LogP contribution in [0.2, 0.25) is 0 Å². The Morgan fingerprint density at radius 2 is 2.09 bits per heavy atom. The normalized spacial score (nSPS) is 11.9. The summed E-state index contributed by atoms with van der Waals surface area (Å²) in [6, 6.07) is 9.71. The second-order valence-electron chi connectivity index (χ2n) is 4.95. The van der Waals surface area contributed by atoms with E-state index in [0.29, 0.717) is 25.9 Å². The van der Waals surface area contributed by atoms with E-state index in [9.17, 15) is 9.90 Å². The molecule has 6 heteroatoms. The average Bonchev–Trinajstić information content (AvgIpc) is 3.02. The number of nitrogens with zero attached hydrogens (tertiary/aromatic N) is 1. The number of hydrogen-bond acceptors (Lipinski definition) is 4. The van der Waals surface area contributed by atoms with Gasteiger partial charge >= 0.3 is 6.03 Å². The zero-order chi connectivity index (χ0) is 15.8. The largest absolute Gasteiger partial charge is 0.393 e. The maximum atomic E-state index is 11.6. The van der Waals surface area contributed by atoms with Gasteiger partial charge in [-0.2, -0.15) is 0 Å². The van der Waals surface area contributed by atoms with Crippen molar-refractivity contribution in [2.75, 3.05) is 6.54 Å². The van der Waals surface area contributed by atoms with Gasteiger partial charge in [-0.1, -0.05) is 37.3 Å². The molecule has 0 saturated carbocycles. The van der Waals surface area contributed by atoms with E-state index in [4.69, 9.17) is 0 Å². The first-order valence-corrected chi connectivity index (χ1v) is 8.26. The van der Waals surface area contributed by atoms with Gasteiger partial charge in [0.25, 0.3) is 0 Å². The summed E-state index contributed by atoms with van der Waals surface area (Å²) in [6.45, 7) is 2.78. The molecule has 2 rings (SSSR count). The van der Waals surface area contributed by atoms with Crippen LogP contribution in [-0.4, -0.2) is 28.8 Å². The van der Waals surface area contributed by atoms with Gasteiger partial charge in [0.2, 0.25) is 0 Å². The number of aliphatic hydroxyl groups excluding tert-OH is 1. The summed E-state index contributed by atoms with van der Waals surface area (Å²) in [5.41, 5.74) is 2.00. The molecular weight excluding hydrogens is 298 g/mol. The predicted molar refractivity (Wildman–Crippen MR) is 88.7 cm³/mol. The third kappa shape index (κ3) is 5.13. The minimum atomic E-state index is -0.354. The second kappa shape index (κ2) is 8.51. The van der Waals surface area contributed by atoms with E-state index in [-0.39, 0.29) is 12.1 Å². The second-order valence-corrected chi connectivity index (χ2v) is 5.90. The first-order valence-electron chi connectivity index (χ1n) is 7.38. The minimum Gasteiger partial charge on any atom is -0.393 e.